The summed E-state index contributed by atoms with van der Waals surface area (Å²) in [5, 5.41) is 0.481. The van der Waals surface area contributed by atoms with Gasteiger partial charge in [-0.25, -0.2) is 4.98 Å². The molecule has 1 saturated heterocycles. The Morgan fingerprint density at radius 3 is 2.61 bits per heavy atom. The third kappa shape index (κ3) is 3.06. The molecular formula is C13H20ClN3O. The van der Waals surface area contributed by atoms with E-state index in [1.165, 1.54) is 0 Å². The lowest BCUT2D eigenvalue weighted by Gasteiger charge is -2.35. The minimum atomic E-state index is 0.481. The first-order valence-corrected chi connectivity index (χ1v) is 6.88. The molecule has 0 radical (unpaired) electrons. The van der Waals surface area contributed by atoms with E-state index in [4.69, 9.17) is 16.3 Å². The number of anilines is 1. The molecule has 2 rings (SSSR count). The van der Waals surface area contributed by atoms with Gasteiger partial charge in [-0.15, -0.1) is 0 Å². The van der Waals surface area contributed by atoms with Crippen LogP contribution in [0.5, 0.6) is 5.75 Å². The van der Waals surface area contributed by atoms with Gasteiger partial charge in [-0.2, -0.15) is 0 Å². The highest BCUT2D eigenvalue weighted by Gasteiger charge is 2.19. The second kappa shape index (κ2) is 6.25. The van der Waals surface area contributed by atoms with Gasteiger partial charge in [-0.3, -0.25) is 0 Å². The quantitative estimate of drug-likeness (QED) is 0.784. The molecule has 1 aromatic heterocycles. The zero-order valence-corrected chi connectivity index (χ0v) is 11.8. The Morgan fingerprint density at radius 1 is 1.28 bits per heavy atom. The van der Waals surface area contributed by atoms with Crippen molar-refractivity contribution in [3.8, 4) is 5.75 Å². The lowest BCUT2D eigenvalue weighted by molar-refractivity contribution is 0.269. The monoisotopic (exact) mass is 269 g/mol. The van der Waals surface area contributed by atoms with Crippen molar-refractivity contribution in [2.24, 2.45) is 0 Å². The van der Waals surface area contributed by atoms with Crippen LogP contribution in [0, 0.1) is 0 Å². The van der Waals surface area contributed by atoms with Crippen molar-refractivity contribution >= 4 is 17.3 Å². The molecule has 1 fully saturated rings. The van der Waals surface area contributed by atoms with Crippen LogP contribution in [0.15, 0.2) is 12.3 Å². The molecule has 1 aliphatic rings. The Balaban J connectivity index is 2.13. The second-order valence-corrected chi connectivity index (χ2v) is 4.72. The minimum absolute atomic E-state index is 0.481. The molecule has 5 heteroatoms. The molecular weight excluding hydrogens is 250 g/mol. The van der Waals surface area contributed by atoms with E-state index in [0.717, 1.165) is 44.2 Å². The van der Waals surface area contributed by atoms with Crippen LogP contribution >= 0.6 is 11.6 Å². The summed E-state index contributed by atoms with van der Waals surface area (Å²) in [6, 6.07) is 1.80. The van der Waals surface area contributed by atoms with Gasteiger partial charge in [0.1, 0.15) is 10.9 Å². The molecule has 0 bridgehead atoms. The number of pyridine rings is 1. The molecule has 0 N–H and O–H groups in total. The number of aromatic nitrogens is 1. The second-order valence-electron chi connectivity index (χ2n) is 4.33. The number of likely N-dealkylation sites (N-methyl/N-ethyl adjacent to an activating group) is 1. The third-order valence-corrected chi connectivity index (χ3v) is 3.48. The molecule has 100 valence electrons. The van der Waals surface area contributed by atoms with Gasteiger partial charge < -0.3 is 14.5 Å². The topological polar surface area (TPSA) is 28.6 Å². The predicted octanol–water partition coefficient (Wildman–Crippen LogP) is 2.28. The highest BCUT2D eigenvalue weighted by molar-refractivity contribution is 6.29. The van der Waals surface area contributed by atoms with Crippen LogP contribution in [-0.4, -0.2) is 49.2 Å². The largest absolute Gasteiger partial charge is 0.492 e. The molecule has 0 atom stereocenters. The van der Waals surface area contributed by atoms with Gasteiger partial charge >= 0.3 is 0 Å². The molecule has 0 saturated carbocycles. The Labute approximate surface area is 114 Å². The van der Waals surface area contributed by atoms with Gasteiger partial charge in [-0.05, 0) is 13.5 Å². The van der Waals surface area contributed by atoms with E-state index in [9.17, 15) is 0 Å². The van der Waals surface area contributed by atoms with Crippen molar-refractivity contribution in [2.45, 2.75) is 13.8 Å². The van der Waals surface area contributed by atoms with E-state index in [1.807, 2.05) is 13.1 Å². The van der Waals surface area contributed by atoms with E-state index in [2.05, 4.69) is 21.7 Å². The van der Waals surface area contributed by atoms with E-state index in [-0.39, 0.29) is 0 Å². The van der Waals surface area contributed by atoms with Crippen molar-refractivity contribution in [2.75, 3.05) is 44.2 Å². The van der Waals surface area contributed by atoms with Crippen molar-refractivity contribution in [1.82, 2.24) is 9.88 Å². The number of halogens is 1. The molecule has 0 amide bonds. The van der Waals surface area contributed by atoms with Crippen LogP contribution in [0.1, 0.15) is 13.8 Å². The standard InChI is InChI=1S/C13H20ClN3O/c1-3-16-5-7-17(8-6-16)11-10-15-13(14)9-12(11)18-4-2/h9-10H,3-8H2,1-2H3. The Bertz CT molecular complexity index is 392. The first-order valence-electron chi connectivity index (χ1n) is 6.50. The number of hydrogen-bond donors (Lipinski definition) is 0. The van der Waals surface area contributed by atoms with E-state index < -0.39 is 0 Å². The lowest BCUT2D eigenvalue weighted by Crippen LogP contribution is -2.46. The van der Waals surface area contributed by atoms with Crippen LogP contribution in [0.4, 0.5) is 5.69 Å². The van der Waals surface area contributed by atoms with Crippen LogP contribution in [0.25, 0.3) is 0 Å². The third-order valence-electron chi connectivity index (χ3n) is 3.27. The number of rotatable bonds is 4. The number of ether oxygens (including phenoxy) is 1. The van der Waals surface area contributed by atoms with Crippen LogP contribution in [0.2, 0.25) is 5.15 Å². The van der Waals surface area contributed by atoms with Gasteiger partial charge in [0, 0.05) is 32.2 Å². The number of piperazine rings is 1. The summed E-state index contributed by atoms with van der Waals surface area (Å²) in [5.74, 6) is 0.836. The summed E-state index contributed by atoms with van der Waals surface area (Å²) in [6.45, 7) is 10.1. The molecule has 1 aliphatic heterocycles. The van der Waals surface area contributed by atoms with Crippen LogP contribution in [0.3, 0.4) is 0 Å². The summed E-state index contributed by atoms with van der Waals surface area (Å²) < 4.78 is 5.64. The first-order chi connectivity index (χ1) is 8.74. The Morgan fingerprint density at radius 2 is 2.00 bits per heavy atom. The van der Waals surface area contributed by atoms with Gasteiger partial charge in [0.15, 0.2) is 0 Å². The summed E-state index contributed by atoms with van der Waals surface area (Å²) in [4.78, 5) is 8.93. The fourth-order valence-corrected chi connectivity index (χ4v) is 2.37. The molecule has 18 heavy (non-hydrogen) atoms. The molecule has 0 aromatic carbocycles. The maximum absolute atomic E-state index is 5.92. The van der Waals surface area contributed by atoms with Gasteiger partial charge in [0.2, 0.25) is 0 Å². The fourth-order valence-electron chi connectivity index (χ4n) is 2.22. The Kier molecular flexibility index (Phi) is 4.66. The molecule has 0 spiro atoms. The van der Waals surface area contributed by atoms with Crippen LogP contribution < -0.4 is 9.64 Å². The highest BCUT2D eigenvalue weighted by atomic mass is 35.5. The van der Waals surface area contributed by atoms with Crippen LogP contribution in [-0.2, 0) is 0 Å². The van der Waals surface area contributed by atoms with Crippen molar-refractivity contribution in [3.05, 3.63) is 17.4 Å². The first kappa shape index (κ1) is 13.4. The van der Waals surface area contributed by atoms with E-state index in [1.54, 1.807) is 6.07 Å². The summed E-state index contributed by atoms with van der Waals surface area (Å²) in [5.41, 5.74) is 1.05. The van der Waals surface area contributed by atoms with Crippen molar-refractivity contribution < 1.29 is 4.74 Å². The van der Waals surface area contributed by atoms with Gasteiger partial charge in [0.25, 0.3) is 0 Å². The molecule has 1 aromatic rings. The summed E-state index contributed by atoms with van der Waals surface area (Å²) in [7, 11) is 0. The Hall–Kier alpha value is -1.00. The normalized spacial score (nSPS) is 16.9. The average molecular weight is 270 g/mol. The number of hydrogen-bond acceptors (Lipinski definition) is 4. The van der Waals surface area contributed by atoms with Crippen molar-refractivity contribution in [1.29, 1.82) is 0 Å². The lowest BCUT2D eigenvalue weighted by atomic mass is 10.2. The average Bonchev–Trinajstić information content (AvgIpc) is 2.40. The van der Waals surface area contributed by atoms with Crippen molar-refractivity contribution in [3.63, 3.8) is 0 Å². The summed E-state index contributed by atoms with van der Waals surface area (Å²) in [6.07, 6.45) is 1.81. The highest BCUT2D eigenvalue weighted by Crippen LogP contribution is 2.30. The molecule has 0 aliphatic carbocycles. The predicted molar refractivity (Wildman–Crippen MR) is 74.7 cm³/mol. The maximum atomic E-state index is 5.92. The molecule has 0 unspecified atom stereocenters. The minimum Gasteiger partial charge on any atom is -0.492 e. The number of nitrogens with zero attached hydrogens (tertiary/aromatic N) is 3. The zero-order valence-electron chi connectivity index (χ0n) is 11.0. The van der Waals surface area contributed by atoms with E-state index in [0.29, 0.717) is 11.8 Å². The maximum Gasteiger partial charge on any atom is 0.147 e. The van der Waals surface area contributed by atoms with Gasteiger partial charge in [-0.1, -0.05) is 18.5 Å². The van der Waals surface area contributed by atoms with E-state index >= 15 is 0 Å². The summed E-state index contributed by atoms with van der Waals surface area (Å²) >= 11 is 5.92. The SMILES string of the molecule is CCOc1cc(Cl)ncc1N1CCN(CC)CC1. The smallest absolute Gasteiger partial charge is 0.147 e. The molecule has 2 heterocycles. The van der Waals surface area contributed by atoms with Gasteiger partial charge in [0.05, 0.1) is 18.5 Å². The fraction of sp³-hybridized carbons (Fsp3) is 0.615. The zero-order chi connectivity index (χ0) is 13.0. The molecule has 4 nitrogen and oxygen atoms in total.